The smallest absolute Gasteiger partial charge is 0.232 e. The number of benzene rings is 3. The molecule has 1 saturated heterocycles. The van der Waals surface area contributed by atoms with E-state index in [9.17, 15) is 9.18 Å². The van der Waals surface area contributed by atoms with Crippen LogP contribution in [-0.2, 0) is 10.5 Å². The van der Waals surface area contributed by atoms with E-state index in [0.717, 1.165) is 13.1 Å². The fraction of sp³-hybridized carbons (Fsp3) is 0.269. The average molecular weight is 469 g/mol. The van der Waals surface area contributed by atoms with Crippen molar-refractivity contribution >= 4 is 29.3 Å². The number of carbonyl (C=O) groups is 1. The van der Waals surface area contributed by atoms with Crippen molar-refractivity contribution in [3.63, 3.8) is 0 Å². The Balaban J connectivity index is 1.35. The Hall–Kier alpha value is -2.34. The predicted octanol–water partition coefficient (Wildman–Crippen LogP) is 5.65. The van der Waals surface area contributed by atoms with Crippen LogP contribution in [0.3, 0.4) is 0 Å². The number of carbonyl (C=O) groups excluding carboxylic acids is 1. The maximum absolute atomic E-state index is 13.9. The number of nitrogens with zero attached hydrogens (tertiary/aromatic N) is 2. The van der Waals surface area contributed by atoms with E-state index in [1.54, 1.807) is 12.1 Å². The van der Waals surface area contributed by atoms with E-state index in [1.807, 2.05) is 17.0 Å². The minimum Gasteiger partial charge on any atom is -0.339 e. The SMILES string of the molecule is O=C(CSCc1c(F)cccc1Cl)N1CCN(C(c2ccccc2)c2ccccc2)CC1. The lowest BCUT2D eigenvalue weighted by molar-refractivity contribution is -0.130. The zero-order chi connectivity index (χ0) is 22.3. The lowest BCUT2D eigenvalue weighted by atomic mass is 9.96. The monoisotopic (exact) mass is 468 g/mol. The molecule has 0 N–H and O–H groups in total. The van der Waals surface area contributed by atoms with Gasteiger partial charge in [-0.2, -0.15) is 0 Å². The lowest BCUT2D eigenvalue weighted by Gasteiger charge is -2.39. The summed E-state index contributed by atoms with van der Waals surface area (Å²) < 4.78 is 13.9. The Labute approximate surface area is 198 Å². The first-order valence-corrected chi connectivity index (χ1v) is 12.3. The van der Waals surface area contributed by atoms with Gasteiger partial charge in [-0.25, -0.2) is 4.39 Å². The summed E-state index contributed by atoms with van der Waals surface area (Å²) in [5, 5.41) is 0.409. The van der Waals surface area contributed by atoms with E-state index < -0.39 is 0 Å². The second kappa shape index (κ2) is 11.0. The highest BCUT2D eigenvalue weighted by Gasteiger charge is 2.28. The maximum Gasteiger partial charge on any atom is 0.232 e. The van der Waals surface area contributed by atoms with Gasteiger partial charge >= 0.3 is 0 Å². The molecule has 0 bridgehead atoms. The summed E-state index contributed by atoms with van der Waals surface area (Å²) in [5.41, 5.74) is 2.98. The van der Waals surface area contributed by atoms with E-state index in [-0.39, 0.29) is 17.8 Å². The third-order valence-corrected chi connectivity index (χ3v) is 7.09. The Morgan fingerprint density at radius 1 is 0.875 bits per heavy atom. The van der Waals surface area contributed by atoms with E-state index in [1.165, 1.54) is 29.0 Å². The highest BCUT2D eigenvalue weighted by atomic mass is 35.5. The molecule has 32 heavy (non-hydrogen) atoms. The summed E-state index contributed by atoms with van der Waals surface area (Å²) in [6.07, 6.45) is 0. The first-order chi connectivity index (χ1) is 15.6. The standard InChI is InChI=1S/C26H26ClFN2OS/c27-23-12-7-13-24(28)22(23)18-32-19-25(31)29-14-16-30(17-15-29)26(20-8-3-1-4-9-20)21-10-5-2-6-11-21/h1-13,26H,14-19H2. The summed E-state index contributed by atoms with van der Waals surface area (Å²) in [5.74, 6) is 0.490. The molecule has 6 heteroatoms. The number of thioether (sulfide) groups is 1. The molecule has 1 amide bonds. The van der Waals surface area contributed by atoms with Gasteiger partial charge in [-0.3, -0.25) is 9.69 Å². The Morgan fingerprint density at radius 3 is 2.03 bits per heavy atom. The molecule has 1 aliphatic rings. The fourth-order valence-corrected chi connectivity index (χ4v) is 5.38. The highest BCUT2D eigenvalue weighted by molar-refractivity contribution is 7.99. The molecule has 3 nitrogen and oxygen atoms in total. The minimum absolute atomic E-state index is 0.0954. The van der Waals surface area contributed by atoms with Crippen molar-refractivity contribution in [3.05, 3.63) is 106 Å². The second-order valence-electron chi connectivity index (χ2n) is 7.83. The number of rotatable bonds is 7. The van der Waals surface area contributed by atoms with Crippen molar-refractivity contribution in [3.8, 4) is 0 Å². The summed E-state index contributed by atoms with van der Waals surface area (Å²) in [6.45, 7) is 3.00. The zero-order valence-electron chi connectivity index (χ0n) is 17.8. The molecular formula is C26H26ClFN2OS. The molecule has 166 valence electrons. The number of halogens is 2. The van der Waals surface area contributed by atoms with E-state index >= 15 is 0 Å². The van der Waals surface area contributed by atoms with Crippen molar-refractivity contribution < 1.29 is 9.18 Å². The molecule has 4 rings (SSSR count). The first kappa shape index (κ1) is 22.8. The summed E-state index contributed by atoms with van der Waals surface area (Å²) in [6, 6.07) is 25.9. The number of hydrogen-bond acceptors (Lipinski definition) is 3. The fourth-order valence-electron chi connectivity index (χ4n) is 4.12. The van der Waals surface area contributed by atoms with Gasteiger partial charge in [0.15, 0.2) is 0 Å². The van der Waals surface area contributed by atoms with Crippen molar-refractivity contribution in [2.45, 2.75) is 11.8 Å². The van der Waals surface area contributed by atoms with Crippen LogP contribution in [0.5, 0.6) is 0 Å². The van der Waals surface area contributed by atoms with Gasteiger partial charge in [-0.05, 0) is 23.3 Å². The van der Waals surface area contributed by atoms with Gasteiger partial charge in [-0.1, -0.05) is 78.3 Å². The van der Waals surface area contributed by atoms with Crippen LogP contribution in [0.4, 0.5) is 4.39 Å². The van der Waals surface area contributed by atoms with Crippen LogP contribution in [0.1, 0.15) is 22.7 Å². The van der Waals surface area contributed by atoms with Crippen LogP contribution in [0.2, 0.25) is 5.02 Å². The quantitative estimate of drug-likeness (QED) is 0.448. The van der Waals surface area contributed by atoms with Gasteiger partial charge in [0.05, 0.1) is 11.8 Å². The number of hydrogen-bond donors (Lipinski definition) is 0. The van der Waals surface area contributed by atoms with Gasteiger partial charge in [-0.15, -0.1) is 11.8 Å². The molecule has 3 aromatic carbocycles. The van der Waals surface area contributed by atoms with Crippen LogP contribution in [0.15, 0.2) is 78.9 Å². The van der Waals surface area contributed by atoms with Crippen LogP contribution in [0.25, 0.3) is 0 Å². The summed E-state index contributed by atoms with van der Waals surface area (Å²) in [4.78, 5) is 17.1. The van der Waals surface area contributed by atoms with Gasteiger partial charge < -0.3 is 4.90 Å². The first-order valence-electron chi connectivity index (χ1n) is 10.8. The molecule has 0 atom stereocenters. The number of piperazine rings is 1. The summed E-state index contributed by atoms with van der Waals surface area (Å²) >= 11 is 7.49. The molecule has 0 aromatic heterocycles. The minimum atomic E-state index is -0.320. The Morgan fingerprint density at radius 2 is 1.47 bits per heavy atom. The van der Waals surface area contributed by atoms with Gasteiger partial charge in [0.1, 0.15) is 5.82 Å². The molecule has 0 unspecified atom stereocenters. The van der Waals surface area contributed by atoms with Crippen LogP contribution < -0.4 is 0 Å². The van der Waals surface area contributed by atoms with E-state index in [4.69, 9.17) is 11.6 Å². The van der Waals surface area contributed by atoms with Crippen molar-refractivity contribution in [1.82, 2.24) is 9.80 Å². The third-order valence-electron chi connectivity index (χ3n) is 5.80. The Kier molecular flexibility index (Phi) is 7.85. The summed E-state index contributed by atoms with van der Waals surface area (Å²) in [7, 11) is 0. The predicted molar refractivity (Wildman–Crippen MR) is 130 cm³/mol. The van der Waals surface area contributed by atoms with Crippen LogP contribution in [-0.4, -0.2) is 47.6 Å². The molecule has 0 spiro atoms. The second-order valence-corrected chi connectivity index (χ2v) is 9.23. The molecule has 0 radical (unpaired) electrons. The highest BCUT2D eigenvalue weighted by Crippen LogP contribution is 2.30. The number of amides is 1. The van der Waals surface area contributed by atoms with Crippen LogP contribution >= 0.6 is 23.4 Å². The van der Waals surface area contributed by atoms with Gasteiger partial charge in [0.25, 0.3) is 0 Å². The van der Waals surface area contributed by atoms with Gasteiger partial charge in [0, 0.05) is 42.5 Å². The Bertz CT molecular complexity index is 967. The largest absolute Gasteiger partial charge is 0.339 e. The maximum atomic E-state index is 13.9. The topological polar surface area (TPSA) is 23.6 Å². The van der Waals surface area contributed by atoms with Crippen molar-refractivity contribution in [1.29, 1.82) is 0 Å². The molecular weight excluding hydrogens is 443 g/mol. The van der Waals surface area contributed by atoms with E-state index in [0.29, 0.717) is 35.2 Å². The van der Waals surface area contributed by atoms with Crippen LogP contribution in [0, 0.1) is 5.82 Å². The molecule has 0 aliphatic carbocycles. The van der Waals surface area contributed by atoms with Crippen molar-refractivity contribution in [2.75, 3.05) is 31.9 Å². The van der Waals surface area contributed by atoms with Crippen molar-refractivity contribution in [2.24, 2.45) is 0 Å². The van der Waals surface area contributed by atoms with Gasteiger partial charge in [0.2, 0.25) is 5.91 Å². The molecule has 1 fully saturated rings. The third kappa shape index (κ3) is 5.52. The molecule has 0 saturated carbocycles. The average Bonchev–Trinajstić information content (AvgIpc) is 2.83. The lowest BCUT2D eigenvalue weighted by Crippen LogP contribution is -2.50. The zero-order valence-corrected chi connectivity index (χ0v) is 19.4. The normalized spacial score (nSPS) is 14.7. The molecule has 1 aliphatic heterocycles. The molecule has 1 heterocycles. The van der Waals surface area contributed by atoms with E-state index in [2.05, 4.69) is 53.4 Å². The molecule has 3 aromatic rings.